The molecule has 7 nitrogen and oxygen atoms in total. The molecule has 1 amide bonds. The molecule has 3 aromatic rings. The van der Waals surface area contributed by atoms with Gasteiger partial charge < -0.3 is 9.64 Å². The van der Waals surface area contributed by atoms with Crippen molar-refractivity contribution >= 4 is 17.5 Å². The summed E-state index contributed by atoms with van der Waals surface area (Å²) in [5.74, 6) is 0.708. The van der Waals surface area contributed by atoms with Gasteiger partial charge >= 0.3 is 0 Å². The summed E-state index contributed by atoms with van der Waals surface area (Å²) in [6.45, 7) is 1.34. The van der Waals surface area contributed by atoms with Crippen LogP contribution in [0.3, 0.4) is 0 Å². The quantitative estimate of drug-likeness (QED) is 0.692. The summed E-state index contributed by atoms with van der Waals surface area (Å²) in [6.07, 6.45) is 1.98. The fourth-order valence-corrected chi connectivity index (χ4v) is 3.40. The third-order valence-electron chi connectivity index (χ3n) is 4.56. The molecule has 0 radical (unpaired) electrons. The molecule has 1 aromatic heterocycles. The molecule has 4 rings (SSSR count). The second-order valence-electron chi connectivity index (χ2n) is 6.36. The fraction of sp³-hybridized carbons (Fsp3) is 0.263. The van der Waals surface area contributed by atoms with Crippen molar-refractivity contribution in [3.63, 3.8) is 0 Å². The first-order valence-corrected chi connectivity index (χ1v) is 9.05. The van der Waals surface area contributed by atoms with Gasteiger partial charge in [0.1, 0.15) is 24.7 Å². The largest absolute Gasteiger partial charge is 0.491 e. The molecule has 0 spiro atoms. The minimum absolute atomic E-state index is 0.0532. The zero-order valence-corrected chi connectivity index (χ0v) is 15.3. The third-order valence-corrected chi connectivity index (χ3v) is 4.79. The van der Waals surface area contributed by atoms with E-state index in [0.29, 0.717) is 31.1 Å². The highest BCUT2D eigenvalue weighted by Gasteiger charge is 2.29. The number of hydrogen-bond acceptors (Lipinski definition) is 5. The van der Waals surface area contributed by atoms with Gasteiger partial charge in [0.05, 0.1) is 6.54 Å². The van der Waals surface area contributed by atoms with Crippen molar-refractivity contribution in [2.45, 2.75) is 19.0 Å². The molecular weight excluding hydrogens is 366 g/mol. The summed E-state index contributed by atoms with van der Waals surface area (Å²) in [7, 11) is 0. The molecule has 0 saturated heterocycles. The van der Waals surface area contributed by atoms with Gasteiger partial charge in [0, 0.05) is 23.6 Å². The van der Waals surface area contributed by atoms with Gasteiger partial charge in [-0.05, 0) is 34.2 Å². The maximum absolute atomic E-state index is 13.4. The van der Waals surface area contributed by atoms with Crippen LogP contribution in [0.1, 0.15) is 17.2 Å². The molecular formula is C19H18ClN5O2. The molecule has 0 fully saturated rings. The van der Waals surface area contributed by atoms with Crippen molar-refractivity contribution in [2.24, 2.45) is 0 Å². The van der Waals surface area contributed by atoms with Crippen LogP contribution in [-0.2, 0) is 17.8 Å². The van der Waals surface area contributed by atoms with Gasteiger partial charge in [0.15, 0.2) is 0 Å². The van der Waals surface area contributed by atoms with Crippen LogP contribution in [0.25, 0.3) is 0 Å². The number of carbonyl (C=O) groups is 1. The molecule has 1 unspecified atom stereocenters. The number of fused-ring (bicyclic) bond motifs is 1. The summed E-state index contributed by atoms with van der Waals surface area (Å²) in [5.41, 5.74) is 1.93. The lowest BCUT2D eigenvalue weighted by Crippen LogP contribution is -2.39. The molecule has 0 aliphatic carbocycles. The molecule has 27 heavy (non-hydrogen) atoms. The number of halogens is 1. The van der Waals surface area contributed by atoms with Gasteiger partial charge in [-0.15, -0.1) is 5.10 Å². The summed E-state index contributed by atoms with van der Waals surface area (Å²) >= 11 is 6.12. The van der Waals surface area contributed by atoms with Crippen LogP contribution in [0.5, 0.6) is 5.75 Å². The maximum atomic E-state index is 13.4. The molecule has 1 atom stereocenters. The third kappa shape index (κ3) is 3.93. The molecule has 138 valence electrons. The predicted octanol–water partition coefficient (Wildman–Crippen LogP) is 2.53. The zero-order valence-electron chi connectivity index (χ0n) is 14.5. The predicted molar refractivity (Wildman–Crippen MR) is 99.4 cm³/mol. The van der Waals surface area contributed by atoms with E-state index in [9.17, 15) is 4.79 Å². The van der Waals surface area contributed by atoms with E-state index in [2.05, 4.69) is 15.5 Å². The minimum atomic E-state index is -0.525. The fourth-order valence-electron chi connectivity index (χ4n) is 3.20. The molecule has 2 heterocycles. The number of ether oxygens (including phenoxy) is 1. The standard InChI is InChI=1S/C19H18ClN5O2/c20-16-6-7-18-15(11-16)12-24(8-9-27-18)19(26)17(25-13-21-22-23-25)10-14-4-2-1-3-5-14/h1-7,11,13,17H,8-10,12H2. The molecule has 1 aliphatic heterocycles. The second-order valence-corrected chi connectivity index (χ2v) is 6.79. The Hall–Kier alpha value is -2.93. The van der Waals surface area contributed by atoms with Crippen molar-refractivity contribution in [3.8, 4) is 5.75 Å². The topological polar surface area (TPSA) is 73.1 Å². The zero-order chi connectivity index (χ0) is 18.6. The maximum Gasteiger partial charge on any atom is 0.248 e. The lowest BCUT2D eigenvalue weighted by molar-refractivity contribution is -0.135. The summed E-state index contributed by atoms with van der Waals surface area (Å²) in [6, 6.07) is 14.8. The van der Waals surface area contributed by atoms with Crippen LogP contribution >= 0.6 is 11.6 Å². The molecule has 0 saturated carbocycles. The number of benzene rings is 2. The van der Waals surface area contributed by atoms with E-state index < -0.39 is 6.04 Å². The summed E-state index contributed by atoms with van der Waals surface area (Å²) < 4.78 is 7.29. The number of carbonyl (C=O) groups excluding carboxylic acids is 1. The highest BCUT2D eigenvalue weighted by Crippen LogP contribution is 2.27. The molecule has 0 bridgehead atoms. The van der Waals surface area contributed by atoms with Crippen molar-refractivity contribution in [1.82, 2.24) is 25.1 Å². The first kappa shape index (κ1) is 17.5. The number of tetrazole rings is 1. The van der Waals surface area contributed by atoms with Gasteiger partial charge in [0.25, 0.3) is 0 Å². The Bertz CT molecular complexity index is 917. The van der Waals surface area contributed by atoms with Crippen LogP contribution < -0.4 is 4.74 Å². The van der Waals surface area contributed by atoms with Crippen LogP contribution in [0.4, 0.5) is 0 Å². The first-order chi connectivity index (χ1) is 13.2. The van der Waals surface area contributed by atoms with Gasteiger partial charge in [-0.3, -0.25) is 4.79 Å². The van der Waals surface area contributed by atoms with Crippen LogP contribution in [0, 0.1) is 0 Å². The number of rotatable bonds is 4. The Morgan fingerprint density at radius 3 is 2.85 bits per heavy atom. The minimum Gasteiger partial charge on any atom is -0.491 e. The van der Waals surface area contributed by atoms with Crippen LogP contribution in [0.2, 0.25) is 5.02 Å². The van der Waals surface area contributed by atoms with E-state index in [0.717, 1.165) is 16.9 Å². The van der Waals surface area contributed by atoms with Crippen LogP contribution in [-0.4, -0.2) is 44.2 Å². The van der Waals surface area contributed by atoms with Crippen LogP contribution in [0.15, 0.2) is 54.9 Å². The number of aromatic nitrogens is 4. The SMILES string of the molecule is O=C(C(Cc1ccccc1)n1cnnn1)N1CCOc2ccc(Cl)cc2C1. The van der Waals surface area contributed by atoms with Gasteiger partial charge in [0.2, 0.25) is 5.91 Å². The monoisotopic (exact) mass is 383 g/mol. The second kappa shape index (κ2) is 7.75. The average Bonchev–Trinajstić information content (AvgIpc) is 3.13. The summed E-state index contributed by atoms with van der Waals surface area (Å²) in [5, 5.41) is 12.0. The van der Waals surface area contributed by atoms with Crippen molar-refractivity contribution in [3.05, 3.63) is 71.0 Å². The van der Waals surface area contributed by atoms with Crippen molar-refractivity contribution in [1.29, 1.82) is 0 Å². The van der Waals surface area contributed by atoms with Crippen molar-refractivity contribution in [2.75, 3.05) is 13.2 Å². The van der Waals surface area contributed by atoms with E-state index in [4.69, 9.17) is 16.3 Å². The lowest BCUT2D eigenvalue weighted by Gasteiger charge is -2.25. The van der Waals surface area contributed by atoms with Gasteiger partial charge in [-0.1, -0.05) is 41.9 Å². The molecule has 1 aliphatic rings. The first-order valence-electron chi connectivity index (χ1n) is 8.67. The van der Waals surface area contributed by atoms with E-state index >= 15 is 0 Å². The van der Waals surface area contributed by atoms with E-state index in [1.54, 1.807) is 11.0 Å². The molecule has 2 aromatic carbocycles. The Balaban J connectivity index is 1.61. The normalized spacial score (nSPS) is 14.8. The number of amides is 1. The molecule has 0 N–H and O–H groups in total. The number of hydrogen-bond donors (Lipinski definition) is 0. The highest BCUT2D eigenvalue weighted by molar-refractivity contribution is 6.30. The highest BCUT2D eigenvalue weighted by atomic mass is 35.5. The number of nitrogens with zero attached hydrogens (tertiary/aromatic N) is 5. The lowest BCUT2D eigenvalue weighted by atomic mass is 10.0. The Kier molecular flexibility index (Phi) is 5.02. The van der Waals surface area contributed by atoms with E-state index in [1.807, 2.05) is 42.5 Å². The Morgan fingerprint density at radius 2 is 2.07 bits per heavy atom. The van der Waals surface area contributed by atoms with E-state index in [1.165, 1.54) is 11.0 Å². The Morgan fingerprint density at radius 1 is 1.22 bits per heavy atom. The van der Waals surface area contributed by atoms with Crippen molar-refractivity contribution < 1.29 is 9.53 Å². The van der Waals surface area contributed by atoms with Gasteiger partial charge in [-0.25, -0.2) is 4.68 Å². The van der Waals surface area contributed by atoms with E-state index in [-0.39, 0.29) is 5.91 Å². The molecule has 8 heteroatoms. The smallest absolute Gasteiger partial charge is 0.248 e. The summed E-state index contributed by atoms with van der Waals surface area (Å²) in [4.78, 5) is 15.1. The Labute approximate surface area is 161 Å². The average molecular weight is 384 g/mol. The van der Waals surface area contributed by atoms with Gasteiger partial charge in [-0.2, -0.15) is 0 Å².